The Labute approximate surface area is 47.3 Å². The summed E-state index contributed by atoms with van der Waals surface area (Å²) in [5, 5.41) is 8.46. The van der Waals surface area contributed by atoms with Crippen molar-refractivity contribution in [2.45, 2.75) is 6.10 Å². The van der Waals surface area contributed by atoms with Crippen LogP contribution in [0.5, 0.6) is 0 Å². The first-order valence-corrected chi connectivity index (χ1v) is 2.14. The third-order valence-electron chi connectivity index (χ3n) is 0.753. The summed E-state index contributed by atoms with van der Waals surface area (Å²) in [5.74, 6) is -0.826. The van der Waals surface area contributed by atoms with Gasteiger partial charge in [0.2, 0.25) is 0 Å². The Morgan fingerprint density at radius 2 is 1.88 bits per heavy atom. The van der Waals surface area contributed by atoms with Crippen LogP contribution in [0.25, 0.3) is 0 Å². The quantitative estimate of drug-likeness (QED) is 0.490. The van der Waals surface area contributed by atoms with Crippen LogP contribution in [0.4, 0.5) is 0 Å². The smallest absolute Gasteiger partial charge is 0.149 e. The Kier molecular flexibility index (Phi) is 3.03. The van der Waals surface area contributed by atoms with Gasteiger partial charge in [0, 0.05) is 5.92 Å². The SMILES string of the molecule is [CH2]C(C=O)C(O)C=O. The van der Waals surface area contributed by atoms with E-state index in [2.05, 4.69) is 6.92 Å². The fourth-order valence-corrected chi connectivity index (χ4v) is 0.181. The van der Waals surface area contributed by atoms with Crippen molar-refractivity contribution in [3.8, 4) is 0 Å². The van der Waals surface area contributed by atoms with Crippen molar-refractivity contribution >= 4 is 12.6 Å². The van der Waals surface area contributed by atoms with Gasteiger partial charge in [-0.2, -0.15) is 0 Å². The van der Waals surface area contributed by atoms with Crippen molar-refractivity contribution in [2.75, 3.05) is 0 Å². The molecule has 2 unspecified atom stereocenters. The van der Waals surface area contributed by atoms with Crippen LogP contribution in [-0.4, -0.2) is 23.8 Å². The molecule has 0 rings (SSSR count). The fraction of sp³-hybridized carbons (Fsp3) is 0.400. The van der Waals surface area contributed by atoms with E-state index >= 15 is 0 Å². The minimum atomic E-state index is -1.24. The highest BCUT2D eigenvalue weighted by Crippen LogP contribution is 1.92. The maximum absolute atomic E-state index is 9.72. The number of carbonyl (C=O) groups excluding carboxylic acids is 2. The number of aliphatic hydroxyl groups is 1. The third-order valence-corrected chi connectivity index (χ3v) is 0.753. The zero-order chi connectivity index (χ0) is 6.57. The minimum Gasteiger partial charge on any atom is -0.385 e. The molecule has 1 N–H and O–H groups in total. The molecule has 0 spiro atoms. The second-order valence-corrected chi connectivity index (χ2v) is 1.43. The molecule has 0 aliphatic heterocycles. The van der Waals surface area contributed by atoms with Gasteiger partial charge >= 0.3 is 0 Å². The van der Waals surface area contributed by atoms with Gasteiger partial charge in [-0.3, -0.25) is 0 Å². The van der Waals surface area contributed by atoms with Crippen molar-refractivity contribution in [1.29, 1.82) is 0 Å². The number of hydrogen-bond donors (Lipinski definition) is 1. The zero-order valence-electron chi connectivity index (χ0n) is 4.28. The van der Waals surface area contributed by atoms with E-state index in [4.69, 9.17) is 5.11 Å². The summed E-state index contributed by atoms with van der Waals surface area (Å²) < 4.78 is 0. The summed E-state index contributed by atoms with van der Waals surface area (Å²) in [6.45, 7) is 3.18. The van der Waals surface area contributed by atoms with Gasteiger partial charge in [-0.15, -0.1) is 0 Å². The second-order valence-electron chi connectivity index (χ2n) is 1.43. The summed E-state index contributed by atoms with van der Waals surface area (Å²) in [4.78, 5) is 19.4. The topological polar surface area (TPSA) is 54.4 Å². The van der Waals surface area contributed by atoms with E-state index in [1.54, 1.807) is 0 Å². The molecule has 0 aromatic heterocycles. The molecule has 0 saturated heterocycles. The van der Waals surface area contributed by atoms with Crippen molar-refractivity contribution in [3.63, 3.8) is 0 Å². The number of aldehydes is 2. The van der Waals surface area contributed by atoms with Gasteiger partial charge in [-0.25, -0.2) is 0 Å². The average molecular weight is 115 g/mol. The first kappa shape index (κ1) is 7.30. The highest BCUT2D eigenvalue weighted by molar-refractivity contribution is 5.66. The second kappa shape index (κ2) is 3.32. The van der Waals surface area contributed by atoms with Gasteiger partial charge in [0.1, 0.15) is 18.7 Å². The summed E-state index contributed by atoms with van der Waals surface area (Å²) in [6.07, 6.45) is -0.530. The predicted octanol–water partition coefficient (Wildman–Crippen LogP) is -0.805. The summed E-state index contributed by atoms with van der Waals surface area (Å²) in [5.41, 5.74) is 0. The van der Waals surface area contributed by atoms with Crippen LogP contribution >= 0.6 is 0 Å². The van der Waals surface area contributed by atoms with Gasteiger partial charge in [0.25, 0.3) is 0 Å². The van der Waals surface area contributed by atoms with Crippen LogP contribution in [0.2, 0.25) is 0 Å². The Balaban J connectivity index is 3.60. The number of hydrogen-bond acceptors (Lipinski definition) is 3. The van der Waals surface area contributed by atoms with E-state index in [1.807, 2.05) is 0 Å². The molecule has 1 radical (unpaired) electrons. The van der Waals surface area contributed by atoms with Crippen molar-refractivity contribution in [2.24, 2.45) is 5.92 Å². The predicted molar refractivity (Wildman–Crippen MR) is 27.0 cm³/mol. The van der Waals surface area contributed by atoms with E-state index in [-0.39, 0.29) is 6.29 Å². The molecule has 3 heteroatoms. The molecular formula is C5H7O3. The summed E-state index contributed by atoms with van der Waals surface area (Å²) >= 11 is 0. The molecule has 0 aliphatic rings. The highest BCUT2D eigenvalue weighted by Gasteiger charge is 2.10. The van der Waals surface area contributed by atoms with E-state index < -0.39 is 12.0 Å². The van der Waals surface area contributed by atoms with Gasteiger partial charge in [-0.1, -0.05) is 0 Å². The molecule has 3 nitrogen and oxygen atoms in total. The molecule has 0 aromatic carbocycles. The van der Waals surface area contributed by atoms with Crippen molar-refractivity contribution < 1.29 is 14.7 Å². The largest absolute Gasteiger partial charge is 0.385 e. The molecule has 0 amide bonds. The summed E-state index contributed by atoms with van der Waals surface area (Å²) in [7, 11) is 0. The fourth-order valence-electron chi connectivity index (χ4n) is 0.181. The van der Waals surface area contributed by atoms with Crippen molar-refractivity contribution in [1.82, 2.24) is 0 Å². The Morgan fingerprint density at radius 1 is 1.38 bits per heavy atom. The van der Waals surface area contributed by atoms with Gasteiger partial charge in [0.05, 0.1) is 0 Å². The molecule has 0 saturated carbocycles. The minimum absolute atomic E-state index is 0.284. The van der Waals surface area contributed by atoms with Gasteiger partial charge in [-0.05, 0) is 6.92 Å². The lowest BCUT2D eigenvalue weighted by Gasteiger charge is -2.01. The van der Waals surface area contributed by atoms with Crippen LogP contribution in [-0.2, 0) is 9.59 Å². The molecule has 0 heterocycles. The Morgan fingerprint density at radius 3 is 2.00 bits per heavy atom. The first-order chi connectivity index (χ1) is 3.72. The highest BCUT2D eigenvalue weighted by atomic mass is 16.3. The van der Waals surface area contributed by atoms with E-state index in [1.165, 1.54) is 0 Å². The van der Waals surface area contributed by atoms with E-state index in [0.29, 0.717) is 6.29 Å². The van der Waals surface area contributed by atoms with E-state index in [0.717, 1.165) is 0 Å². The molecule has 8 heavy (non-hydrogen) atoms. The third kappa shape index (κ3) is 1.84. The average Bonchev–Trinajstić information content (AvgIpc) is 1.84. The Hall–Kier alpha value is -0.700. The number of aliphatic hydroxyl groups excluding tert-OH is 1. The van der Waals surface area contributed by atoms with Crippen LogP contribution in [0, 0.1) is 12.8 Å². The van der Waals surface area contributed by atoms with Crippen LogP contribution in [0.3, 0.4) is 0 Å². The molecule has 45 valence electrons. The molecular weight excluding hydrogens is 108 g/mol. The lowest BCUT2D eigenvalue weighted by molar-refractivity contribution is -0.122. The van der Waals surface area contributed by atoms with E-state index in [9.17, 15) is 9.59 Å². The van der Waals surface area contributed by atoms with Gasteiger partial charge < -0.3 is 14.7 Å². The lowest BCUT2D eigenvalue weighted by Crippen LogP contribution is -2.19. The monoisotopic (exact) mass is 115 g/mol. The van der Waals surface area contributed by atoms with Crippen LogP contribution < -0.4 is 0 Å². The zero-order valence-corrected chi connectivity index (χ0v) is 4.28. The first-order valence-electron chi connectivity index (χ1n) is 2.14. The molecule has 0 bridgehead atoms. The molecule has 0 aliphatic carbocycles. The maximum atomic E-state index is 9.72. The molecule has 0 fully saturated rings. The maximum Gasteiger partial charge on any atom is 0.149 e. The lowest BCUT2D eigenvalue weighted by atomic mass is 10.1. The normalized spacial score (nSPS) is 16.8. The summed E-state index contributed by atoms with van der Waals surface area (Å²) in [6, 6.07) is 0. The number of rotatable bonds is 3. The molecule has 2 atom stereocenters. The van der Waals surface area contributed by atoms with Crippen molar-refractivity contribution in [3.05, 3.63) is 6.92 Å². The molecule has 0 aromatic rings. The van der Waals surface area contributed by atoms with Crippen LogP contribution in [0.1, 0.15) is 0 Å². The Bertz CT molecular complexity index is 77.7. The van der Waals surface area contributed by atoms with Crippen LogP contribution in [0.15, 0.2) is 0 Å². The standard InChI is InChI=1S/C5H7O3/c1-4(2-6)5(8)3-7/h2-5,8H,1H2. The number of carbonyl (C=O) groups is 2. The van der Waals surface area contributed by atoms with Gasteiger partial charge in [0.15, 0.2) is 0 Å².